The Balaban J connectivity index is 1.93. The Hall–Kier alpha value is -3.28. The molecule has 0 heterocycles. The van der Waals surface area contributed by atoms with Gasteiger partial charge >= 0.3 is 6.18 Å². The van der Waals surface area contributed by atoms with E-state index >= 15 is 0 Å². The van der Waals surface area contributed by atoms with E-state index in [1.54, 1.807) is 18.2 Å². The third-order valence-corrected chi connectivity index (χ3v) is 9.01. The molecule has 3 rings (SSSR count). The van der Waals surface area contributed by atoms with Gasteiger partial charge in [-0.1, -0.05) is 79.0 Å². The molecular formula is C32H36Cl2F3N3O4S. The van der Waals surface area contributed by atoms with Gasteiger partial charge in [0.15, 0.2) is 0 Å². The molecule has 3 aromatic carbocycles. The second kappa shape index (κ2) is 16.3. The number of unbranched alkanes of at least 4 members (excludes halogenated alkanes) is 1. The standard InChI is InChI=1S/C32H36Cl2F3N3O4S/c1-3-4-18-38-31(42)29(20-23-11-6-5-7-12-23)39(22-26-27(33)15-9-16-28(26)34)30(41)17-10-19-40(45(2,43)44)25-14-8-13-24(21-25)32(35,36)37/h5-9,11-16,21,29H,3-4,10,17-20,22H2,1-2H3,(H,38,42). The molecule has 0 spiro atoms. The molecule has 244 valence electrons. The molecule has 45 heavy (non-hydrogen) atoms. The smallest absolute Gasteiger partial charge is 0.354 e. The number of rotatable bonds is 15. The van der Waals surface area contributed by atoms with Gasteiger partial charge in [0.05, 0.1) is 17.5 Å². The molecule has 13 heteroatoms. The number of alkyl halides is 3. The monoisotopic (exact) mass is 685 g/mol. The highest BCUT2D eigenvalue weighted by Gasteiger charge is 2.33. The van der Waals surface area contributed by atoms with Crippen molar-refractivity contribution in [2.75, 3.05) is 23.7 Å². The maximum Gasteiger partial charge on any atom is 0.416 e. The van der Waals surface area contributed by atoms with Gasteiger partial charge in [-0.05, 0) is 48.7 Å². The van der Waals surface area contributed by atoms with Gasteiger partial charge in [-0.2, -0.15) is 13.2 Å². The minimum absolute atomic E-state index is 0.0373. The summed E-state index contributed by atoms with van der Waals surface area (Å²) >= 11 is 12.9. The van der Waals surface area contributed by atoms with Crippen LogP contribution in [-0.4, -0.2) is 50.5 Å². The molecule has 0 bridgehead atoms. The summed E-state index contributed by atoms with van der Waals surface area (Å²) in [5.74, 6) is -0.847. The number of nitrogens with one attached hydrogen (secondary N) is 1. The lowest BCUT2D eigenvalue weighted by Gasteiger charge is -2.32. The highest BCUT2D eigenvalue weighted by atomic mass is 35.5. The van der Waals surface area contributed by atoms with Gasteiger partial charge in [-0.15, -0.1) is 0 Å². The van der Waals surface area contributed by atoms with E-state index in [1.165, 1.54) is 11.0 Å². The molecule has 7 nitrogen and oxygen atoms in total. The summed E-state index contributed by atoms with van der Waals surface area (Å²) in [6.45, 7) is 2.04. The molecule has 1 atom stereocenters. The van der Waals surface area contributed by atoms with E-state index in [0.717, 1.165) is 47.2 Å². The number of carbonyl (C=O) groups is 2. The Morgan fingerprint density at radius 1 is 0.933 bits per heavy atom. The van der Waals surface area contributed by atoms with Crippen molar-refractivity contribution in [3.05, 3.63) is 99.5 Å². The SMILES string of the molecule is CCCCNC(=O)C(Cc1ccccc1)N(Cc1c(Cl)cccc1Cl)C(=O)CCCN(c1cccc(C(F)(F)F)c1)S(C)(=O)=O. The summed E-state index contributed by atoms with van der Waals surface area (Å²) in [6, 6.07) is 17.1. The average molecular weight is 687 g/mol. The van der Waals surface area contributed by atoms with Crippen molar-refractivity contribution in [3.8, 4) is 0 Å². The first-order valence-electron chi connectivity index (χ1n) is 14.4. The summed E-state index contributed by atoms with van der Waals surface area (Å²) in [4.78, 5) is 28.9. The van der Waals surface area contributed by atoms with E-state index in [1.807, 2.05) is 37.3 Å². The van der Waals surface area contributed by atoms with Crippen LogP contribution < -0.4 is 9.62 Å². The maximum atomic E-state index is 13.9. The lowest BCUT2D eigenvalue weighted by atomic mass is 10.0. The number of carbonyl (C=O) groups excluding carboxylic acids is 2. The fourth-order valence-electron chi connectivity index (χ4n) is 4.76. The van der Waals surface area contributed by atoms with E-state index in [4.69, 9.17) is 23.2 Å². The fourth-order valence-corrected chi connectivity index (χ4v) is 6.23. The number of benzene rings is 3. The molecule has 3 aromatic rings. The second-order valence-corrected chi connectivity index (χ2v) is 13.3. The lowest BCUT2D eigenvalue weighted by Crippen LogP contribution is -2.50. The molecule has 0 saturated heterocycles. The Morgan fingerprint density at radius 2 is 1.58 bits per heavy atom. The van der Waals surface area contributed by atoms with Crippen molar-refractivity contribution >= 4 is 50.7 Å². The van der Waals surface area contributed by atoms with Crippen LogP contribution in [0.1, 0.15) is 49.3 Å². The average Bonchev–Trinajstić information content (AvgIpc) is 2.98. The Labute approximate surface area is 272 Å². The molecular weight excluding hydrogens is 650 g/mol. The topological polar surface area (TPSA) is 86.8 Å². The molecule has 1 unspecified atom stereocenters. The van der Waals surface area contributed by atoms with Crippen molar-refractivity contribution in [2.24, 2.45) is 0 Å². The first-order chi connectivity index (χ1) is 21.2. The van der Waals surface area contributed by atoms with Crippen molar-refractivity contribution in [3.63, 3.8) is 0 Å². The zero-order valence-corrected chi connectivity index (χ0v) is 27.3. The van der Waals surface area contributed by atoms with Gasteiger partial charge in [-0.25, -0.2) is 8.42 Å². The minimum Gasteiger partial charge on any atom is -0.354 e. The van der Waals surface area contributed by atoms with Crippen LogP contribution in [0.3, 0.4) is 0 Å². The van der Waals surface area contributed by atoms with E-state index in [2.05, 4.69) is 5.32 Å². The largest absolute Gasteiger partial charge is 0.416 e. The first-order valence-corrected chi connectivity index (χ1v) is 17.0. The molecule has 0 aromatic heterocycles. The second-order valence-electron chi connectivity index (χ2n) is 10.6. The summed E-state index contributed by atoms with van der Waals surface area (Å²) in [5.41, 5.74) is 0.0846. The number of anilines is 1. The van der Waals surface area contributed by atoms with Gasteiger partial charge in [0.1, 0.15) is 6.04 Å². The van der Waals surface area contributed by atoms with Gasteiger partial charge in [0, 0.05) is 48.1 Å². The number of hydrogen-bond acceptors (Lipinski definition) is 4. The molecule has 2 amide bonds. The quantitative estimate of drug-likeness (QED) is 0.173. The molecule has 1 N–H and O–H groups in total. The van der Waals surface area contributed by atoms with Crippen LogP contribution in [0.2, 0.25) is 10.0 Å². The minimum atomic E-state index is -4.67. The van der Waals surface area contributed by atoms with Gasteiger partial charge in [0.25, 0.3) is 0 Å². The van der Waals surface area contributed by atoms with Gasteiger partial charge in [0.2, 0.25) is 21.8 Å². The molecule has 0 aliphatic rings. The van der Waals surface area contributed by atoms with Crippen LogP contribution in [-0.2, 0) is 38.8 Å². The summed E-state index contributed by atoms with van der Waals surface area (Å²) < 4.78 is 66.1. The summed E-state index contributed by atoms with van der Waals surface area (Å²) in [7, 11) is -4.00. The van der Waals surface area contributed by atoms with Crippen molar-refractivity contribution in [1.29, 1.82) is 0 Å². The number of halogens is 5. The summed E-state index contributed by atoms with van der Waals surface area (Å²) in [6.07, 6.45) is -2.25. The van der Waals surface area contributed by atoms with E-state index in [0.29, 0.717) is 22.2 Å². The fraction of sp³-hybridized carbons (Fsp3) is 0.375. The first kappa shape index (κ1) is 36.2. The zero-order chi connectivity index (χ0) is 33.2. The van der Waals surface area contributed by atoms with Crippen LogP contribution in [0, 0.1) is 0 Å². The zero-order valence-electron chi connectivity index (χ0n) is 25.0. The highest BCUT2D eigenvalue weighted by molar-refractivity contribution is 7.92. The van der Waals surface area contributed by atoms with Crippen LogP contribution in [0.5, 0.6) is 0 Å². The van der Waals surface area contributed by atoms with Crippen molar-refractivity contribution in [1.82, 2.24) is 10.2 Å². The predicted octanol–water partition coefficient (Wildman–Crippen LogP) is 7.11. The van der Waals surface area contributed by atoms with Gasteiger partial charge < -0.3 is 10.2 Å². The van der Waals surface area contributed by atoms with Gasteiger partial charge in [-0.3, -0.25) is 13.9 Å². The molecule has 0 radical (unpaired) electrons. The third kappa shape index (κ3) is 10.6. The Bertz CT molecular complexity index is 1540. The number of hydrogen-bond donors (Lipinski definition) is 1. The Morgan fingerprint density at radius 3 is 2.18 bits per heavy atom. The summed E-state index contributed by atoms with van der Waals surface area (Å²) in [5, 5.41) is 3.52. The lowest BCUT2D eigenvalue weighted by molar-refractivity contribution is -0.141. The van der Waals surface area contributed by atoms with Crippen LogP contribution in [0.15, 0.2) is 72.8 Å². The molecule has 0 aliphatic carbocycles. The molecule has 0 saturated carbocycles. The molecule has 0 fully saturated rings. The highest BCUT2D eigenvalue weighted by Crippen LogP contribution is 2.32. The van der Waals surface area contributed by atoms with Crippen molar-refractivity contribution in [2.45, 2.75) is 57.8 Å². The Kier molecular flexibility index (Phi) is 13.1. The van der Waals surface area contributed by atoms with E-state index < -0.39 is 33.7 Å². The molecule has 0 aliphatic heterocycles. The van der Waals surface area contributed by atoms with Crippen LogP contribution in [0.25, 0.3) is 0 Å². The van der Waals surface area contributed by atoms with Crippen molar-refractivity contribution < 1.29 is 31.2 Å². The number of sulfonamides is 1. The number of amides is 2. The normalized spacial score (nSPS) is 12.4. The predicted molar refractivity (Wildman–Crippen MR) is 172 cm³/mol. The maximum absolute atomic E-state index is 13.9. The van der Waals surface area contributed by atoms with E-state index in [9.17, 15) is 31.2 Å². The van der Waals surface area contributed by atoms with E-state index in [-0.39, 0.29) is 43.9 Å². The van der Waals surface area contributed by atoms with Crippen LogP contribution in [0.4, 0.5) is 18.9 Å². The van der Waals surface area contributed by atoms with Crippen LogP contribution >= 0.6 is 23.2 Å². The third-order valence-electron chi connectivity index (χ3n) is 7.10. The number of nitrogens with zero attached hydrogens (tertiary/aromatic N) is 2.